The van der Waals surface area contributed by atoms with Gasteiger partial charge in [-0.25, -0.2) is 4.79 Å². The maximum absolute atomic E-state index is 12.0. The van der Waals surface area contributed by atoms with Crippen LogP contribution in [0.4, 0.5) is 21.9 Å². The van der Waals surface area contributed by atoms with E-state index >= 15 is 0 Å². The molecule has 0 aliphatic carbocycles. The van der Waals surface area contributed by atoms with E-state index in [0.29, 0.717) is 16.9 Å². The molecule has 1 saturated heterocycles. The fraction of sp³-hybridized carbons (Fsp3) is 0.300. The lowest BCUT2D eigenvalue weighted by Gasteiger charge is -2.34. The predicted octanol–water partition coefficient (Wildman–Crippen LogP) is 4.37. The van der Waals surface area contributed by atoms with E-state index < -0.39 is 6.09 Å². The average molecular weight is 350 g/mol. The van der Waals surface area contributed by atoms with Gasteiger partial charge in [0.25, 0.3) is 0 Å². The van der Waals surface area contributed by atoms with Gasteiger partial charge >= 0.3 is 6.09 Å². The second kappa shape index (κ2) is 7.79. The molecule has 26 heavy (non-hydrogen) atoms. The number of nitrogens with zero attached hydrogens (tertiary/aromatic N) is 3. The third-order valence-electron chi connectivity index (χ3n) is 4.58. The molecule has 6 nitrogen and oxygen atoms in total. The van der Waals surface area contributed by atoms with Crippen LogP contribution in [0.3, 0.4) is 0 Å². The van der Waals surface area contributed by atoms with Gasteiger partial charge in [0, 0.05) is 13.1 Å². The van der Waals surface area contributed by atoms with Crippen molar-refractivity contribution in [3.63, 3.8) is 0 Å². The molecule has 0 atom stereocenters. The number of hydrogen-bond donors (Lipinski definition) is 2. The number of para-hydroxylation sites is 1. The second-order valence-corrected chi connectivity index (χ2v) is 6.41. The van der Waals surface area contributed by atoms with Crippen LogP contribution in [-0.4, -0.2) is 24.3 Å². The van der Waals surface area contributed by atoms with E-state index in [2.05, 4.69) is 16.4 Å². The lowest BCUT2D eigenvalue weighted by molar-refractivity contribution is 0.203. The molecule has 1 amide bonds. The van der Waals surface area contributed by atoms with Crippen LogP contribution < -0.4 is 15.3 Å². The first-order valence-electron chi connectivity index (χ1n) is 8.74. The fourth-order valence-corrected chi connectivity index (χ4v) is 3.27. The Morgan fingerprint density at radius 3 is 2.46 bits per heavy atom. The van der Waals surface area contributed by atoms with Crippen LogP contribution in [0, 0.1) is 18.3 Å². The van der Waals surface area contributed by atoms with Crippen LogP contribution in [0.1, 0.15) is 30.4 Å². The molecule has 134 valence electrons. The van der Waals surface area contributed by atoms with E-state index in [1.165, 1.54) is 11.4 Å². The average Bonchev–Trinajstić information content (AvgIpc) is 2.67. The Morgan fingerprint density at radius 2 is 1.85 bits per heavy atom. The molecule has 6 heteroatoms. The summed E-state index contributed by atoms with van der Waals surface area (Å²) < 4.78 is 0. The zero-order valence-corrected chi connectivity index (χ0v) is 14.8. The first-order chi connectivity index (χ1) is 12.6. The van der Waals surface area contributed by atoms with Crippen LogP contribution in [-0.2, 0) is 0 Å². The van der Waals surface area contributed by atoms with Crippen LogP contribution in [0.2, 0.25) is 0 Å². The smallest absolute Gasteiger partial charge is 0.431 e. The number of benzene rings is 2. The lowest BCUT2D eigenvalue weighted by atomic mass is 10.1. The van der Waals surface area contributed by atoms with Crippen molar-refractivity contribution in [1.29, 1.82) is 5.26 Å². The molecular formula is C20H22N4O2. The van der Waals surface area contributed by atoms with Crippen molar-refractivity contribution in [2.45, 2.75) is 26.2 Å². The van der Waals surface area contributed by atoms with Crippen LogP contribution in [0.25, 0.3) is 0 Å². The molecule has 2 aromatic carbocycles. The Kier molecular flexibility index (Phi) is 5.28. The highest BCUT2D eigenvalue weighted by molar-refractivity contribution is 5.94. The fourth-order valence-electron chi connectivity index (χ4n) is 3.27. The molecule has 2 N–H and O–H groups in total. The number of carbonyl (C=O) groups is 1. The summed E-state index contributed by atoms with van der Waals surface area (Å²) >= 11 is 0. The van der Waals surface area contributed by atoms with Gasteiger partial charge in [0.15, 0.2) is 0 Å². The van der Waals surface area contributed by atoms with Gasteiger partial charge in [0.1, 0.15) is 0 Å². The summed E-state index contributed by atoms with van der Waals surface area (Å²) in [6.07, 6.45) is 2.36. The van der Waals surface area contributed by atoms with Gasteiger partial charge in [0.05, 0.1) is 28.7 Å². The highest BCUT2D eigenvalue weighted by Gasteiger charge is 2.24. The Morgan fingerprint density at radius 1 is 1.15 bits per heavy atom. The largest absolute Gasteiger partial charge is 0.463 e. The van der Waals surface area contributed by atoms with Crippen molar-refractivity contribution < 1.29 is 9.90 Å². The summed E-state index contributed by atoms with van der Waals surface area (Å²) in [6.45, 7) is 3.78. The molecule has 1 heterocycles. The topological polar surface area (TPSA) is 79.6 Å². The summed E-state index contributed by atoms with van der Waals surface area (Å²) in [5, 5.41) is 19.9. The molecule has 0 radical (unpaired) electrons. The predicted molar refractivity (Wildman–Crippen MR) is 103 cm³/mol. The highest BCUT2D eigenvalue weighted by atomic mass is 16.4. The van der Waals surface area contributed by atoms with Crippen molar-refractivity contribution in [2.75, 3.05) is 28.4 Å². The van der Waals surface area contributed by atoms with Crippen LogP contribution in [0.15, 0.2) is 42.5 Å². The van der Waals surface area contributed by atoms with E-state index in [1.807, 2.05) is 25.1 Å². The van der Waals surface area contributed by atoms with E-state index in [9.17, 15) is 9.90 Å². The van der Waals surface area contributed by atoms with E-state index in [-0.39, 0.29) is 0 Å². The van der Waals surface area contributed by atoms with Gasteiger partial charge in [0.2, 0.25) is 0 Å². The summed E-state index contributed by atoms with van der Waals surface area (Å²) in [5.41, 5.74) is 6.56. The summed E-state index contributed by atoms with van der Waals surface area (Å²) in [6, 6.07) is 14.6. The zero-order chi connectivity index (χ0) is 18.5. The Hall–Kier alpha value is -3.20. The number of nitrogens with one attached hydrogen (secondary N) is 1. The summed E-state index contributed by atoms with van der Waals surface area (Å²) in [5.74, 6) is 0. The summed E-state index contributed by atoms with van der Waals surface area (Å²) in [4.78, 5) is 14.3. The molecule has 0 aromatic heterocycles. The number of rotatable bonds is 4. The minimum atomic E-state index is -1.08. The van der Waals surface area contributed by atoms with Crippen molar-refractivity contribution in [2.24, 2.45) is 0 Å². The Bertz CT molecular complexity index is 821. The monoisotopic (exact) mass is 350 g/mol. The van der Waals surface area contributed by atoms with E-state index in [4.69, 9.17) is 5.26 Å². The normalized spacial score (nSPS) is 13.8. The molecule has 1 aliphatic heterocycles. The molecule has 0 bridgehead atoms. The minimum Gasteiger partial charge on any atom is -0.463 e. The number of anilines is 3. The second-order valence-electron chi connectivity index (χ2n) is 6.41. The number of hydrazine groups is 1. The van der Waals surface area contributed by atoms with Gasteiger partial charge in [-0.15, -0.1) is 0 Å². The molecular weight excluding hydrogens is 328 g/mol. The van der Waals surface area contributed by atoms with Crippen LogP contribution >= 0.6 is 0 Å². The quantitative estimate of drug-likeness (QED) is 0.801. The summed E-state index contributed by atoms with van der Waals surface area (Å²) in [7, 11) is 0. The molecule has 0 saturated carbocycles. The van der Waals surface area contributed by atoms with Gasteiger partial charge in [-0.1, -0.05) is 12.1 Å². The van der Waals surface area contributed by atoms with E-state index in [1.54, 1.807) is 24.3 Å². The molecule has 1 aliphatic rings. The van der Waals surface area contributed by atoms with Crippen molar-refractivity contribution in [3.05, 3.63) is 53.6 Å². The highest BCUT2D eigenvalue weighted by Crippen LogP contribution is 2.34. The molecule has 3 rings (SSSR count). The van der Waals surface area contributed by atoms with Gasteiger partial charge < -0.3 is 10.0 Å². The maximum Gasteiger partial charge on any atom is 0.431 e. The number of nitriles is 1. The number of aryl methyl sites for hydroxylation is 1. The van der Waals surface area contributed by atoms with Gasteiger partial charge in [-0.3, -0.25) is 5.43 Å². The standard InChI is InChI=1S/C20H22N4O2/c1-15-6-5-7-18(23-12-3-2-4-13-23)19(15)24(20(25)26)22-17-10-8-16(14-21)9-11-17/h5-11,22H,2-4,12-13H2,1H3,(H,25,26). The van der Waals surface area contributed by atoms with Crippen molar-refractivity contribution in [3.8, 4) is 6.07 Å². The number of piperidine rings is 1. The van der Waals surface area contributed by atoms with Crippen molar-refractivity contribution in [1.82, 2.24) is 0 Å². The minimum absolute atomic E-state index is 0.530. The van der Waals surface area contributed by atoms with Crippen molar-refractivity contribution >= 4 is 23.2 Å². The first-order valence-corrected chi connectivity index (χ1v) is 8.74. The number of carboxylic acid groups (broad SMARTS) is 1. The molecule has 0 unspecified atom stereocenters. The zero-order valence-electron chi connectivity index (χ0n) is 14.8. The third-order valence-corrected chi connectivity index (χ3v) is 4.58. The number of amides is 1. The third kappa shape index (κ3) is 3.72. The van der Waals surface area contributed by atoms with Gasteiger partial charge in [-0.2, -0.15) is 10.3 Å². The maximum atomic E-state index is 12.0. The van der Waals surface area contributed by atoms with E-state index in [0.717, 1.165) is 37.2 Å². The Balaban J connectivity index is 1.96. The molecule has 2 aromatic rings. The Labute approximate surface area is 153 Å². The SMILES string of the molecule is Cc1cccc(N2CCCCC2)c1N(Nc1ccc(C#N)cc1)C(=O)O. The first kappa shape index (κ1) is 17.6. The van der Waals surface area contributed by atoms with Crippen LogP contribution in [0.5, 0.6) is 0 Å². The lowest BCUT2D eigenvalue weighted by Crippen LogP contribution is -2.38. The van der Waals surface area contributed by atoms with Gasteiger partial charge in [-0.05, 0) is 62.1 Å². The molecule has 1 fully saturated rings. The number of hydrogen-bond acceptors (Lipinski definition) is 4. The molecule has 0 spiro atoms.